The van der Waals surface area contributed by atoms with Crippen LogP contribution >= 0.6 is 0 Å². The molecule has 0 aliphatic carbocycles. The predicted octanol–water partition coefficient (Wildman–Crippen LogP) is 3.11. The number of pyridine rings is 1. The van der Waals surface area contributed by atoms with Crippen LogP contribution < -0.4 is 5.32 Å². The van der Waals surface area contributed by atoms with Crippen molar-refractivity contribution >= 4 is 17.5 Å². The van der Waals surface area contributed by atoms with Crippen molar-refractivity contribution in [2.75, 3.05) is 5.32 Å². The maximum absolute atomic E-state index is 12.2. The summed E-state index contributed by atoms with van der Waals surface area (Å²) in [7, 11) is 0. The highest BCUT2D eigenvalue weighted by Gasteiger charge is 2.11. The van der Waals surface area contributed by atoms with Crippen molar-refractivity contribution in [3.05, 3.63) is 59.8 Å². The van der Waals surface area contributed by atoms with Gasteiger partial charge in [0.1, 0.15) is 0 Å². The molecule has 0 aliphatic rings. The molecule has 0 bridgehead atoms. The molecule has 21 heavy (non-hydrogen) atoms. The van der Waals surface area contributed by atoms with Crippen LogP contribution in [0.3, 0.4) is 0 Å². The third kappa shape index (κ3) is 2.63. The van der Waals surface area contributed by atoms with E-state index in [1.54, 1.807) is 4.40 Å². The molecule has 106 valence electrons. The molecule has 1 aromatic carbocycles. The largest absolute Gasteiger partial charge is 0.290 e. The highest BCUT2D eigenvalue weighted by molar-refractivity contribution is 6.03. The lowest BCUT2D eigenvalue weighted by molar-refractivity contribution is 0.102. The van der Waals surface area contributed by atoms with Crippen LogP contribution in [0.25, 0.3) is 5.65 Å². The molecule has 0 fully saturated rings. The van der Waals surface area contributed by atoms with E-state index in [0.29, 0.717) is 23.1 Å². The van der Waals surface area contributed by atoms with Gasteiger partial charge in [-0.05, 0) is 35.7 Å². The molecule has 5 nitrogen and oxygen atoms in total. The summed E-state index contributed by atoms with van der Waals surface area (Å²) in [5.41, 5.74) is 2.51. The van der Waals surface area contributed by atoms with E-state index in [0.717, 1.165) is 0 Å². The molecule has 0 atom stereocenters. The van der Waals surface area contributed by atoms with Crippen LogP contribution in [0, 0.1) is 0 Å². The Balaban J connectivity index is 1.83. The summed E-state index contributed by atoms with van der Waals surface area (Å²) in [6.45, 7) is 4.24. The Hall–Kier alpha value is -2.69. The Labute approximate surface area is 122 Å². The van der Waals surface area contributed by atoms with Crippen LogP contribution in [0.4, 0.5) is 5.95 Å². The first-order chi connectivity index (χ1) is 10.1. The normalized spacial score (nSPS) is 11.0. The molecular formula is C16H16N4O. The third-order valence-electron chi connectivity index (χ3n) is 3.38. The summed E-state index contributed by atoms with van der Waals surface area (Å²) < 4.78 is 1.74. The minimum absolute atomic E-state index is 0.191. The van der Waals surface area contributed by atoms with Crippen LogP contribution in [-0.2, 0) is 0 Å². The minimum Gasteiger partial charge on any atom is -0.290 e. The van der Waals surface area contributed by atoms with Crippen LogP contribution in [0.2, 0.25) is 0 Å². The fraction of sp³-hybridized carbons (Fsp3) is 0.188. The lowest BCUT2D eigenvalue weighted by Crippen LogP contribution is -2.14. The van der Waals surface area contributed by atoms with Gasteiger partial charge in [0.05, 0.1) is 0 Å². The van der Waals surface area contributed by atoms with Crippen molar-refractivity contribution in [1.82, 2.24) is 14.6 Å². The summed E-state index contributed by atoms with van der Waals surface area (Å²) in [6.07, 6.45) is 1.81. The molecule has 1 amide bonds. The van der Waals surface area contributed by atoms with Gasteiger partial charge < -0.3 is 0 Å². The smallest absolute Gasteiger partial charge is 0.258 e. The zero-order valence-corrected chi connectivity index (χ0v) is 11.9. The maximum atomic E-state index is 12.2. The number of fused-ring (bicyclic) bond motifs is 1. The van der Waals surface area contributed by atoms with E-state index in [4.69, 9.17) is 0 Å². The second kappa shape index (κ2) is 5.36. The number of hydrogen-bond donors (Lipinski definition) is 1. The zero-order valence-electron chi connectivity index (χ0n) is 11.9. The second-order valence-electron chi connectivity index (χ2n) is 5.18. The number of carbonyl (C=O) groups excluding carboxylic acids is 1. The first-order valence-electron chi connectivity index (χ1n) is 6.86. The van der Waals surface area contributed by atoms with Gasteiger partial charge in [-0.1, -0.05) is 32.0 Å². The van der Waals surface area contributed by atoms with E-state index in [2.05, 4.69) is 29.4 Å². The average Bonchev–Trinajstić information content (AvgIpc) is 2.91. The van der Waals surface area contributed by atoms with Crippen LogP contribution in [0.5, 0.6) is 0 Å². The van der Waals surface area contributed by atoms with Crippen LogP contribution in [0.15, 0.2) is 48.7 Å². The van der Waals surface area contributed by atoms with E-state index < -0.39 is 0 Å². The number of nitrogens with one attached hydrogen (secondary N) is 1. The Morgan fingerprint density at radius 3 is 2.57 bits per heavy atom. The van der Waals surface area contributed by atoms with Crippen LogP contribution in [-0.4, -0.2) is 20.5 Å². The van der Waals surface area contributed by atoms with E-state index >= 15 is 0 Å². The van der Waals surface area contributed by atoms with E-state index in [9.17, 15) is 4.79 Å². The number of aromatic nitrogens is 3. The molecule has 0 saturated carbocycles. The number of amides is 1. The lowest BCUT2D eigenvalue weighted by Gasteiger charge is -2.07. The molecule has 5 heteroatoms. The summed E-state index contributed by atoms with van der Waals surface area (Å²) in [4.78, 5) is 12.2. The molecule has 0 aliphatic heterocycles. The van der Waals surface area contributed by atoms with Crippen molar-refractivity contribution in [2.45, 2.75) is 19.8 Å². The summed E-state index contributed by atoms with van der Waals surface area (Å²) >= 11 is 0. The Morgan fingerprint density at radius 2 is 1.86 bits per heavy atom. The number of benzene rings is 1. The predicted molar refractivity (Wildman–Crippen MR) is 81.5 cm³/mol. The van der Waals surface area contributed by atoms with Gasteiger partial charge in [0.15, 0.2) is 5.65 Å². The number of hydrogen-bond acceptors (Lipinski definition) is 3. The van der Waals surface area contributed by atoms with Gasteiger partial charge in [-0.2, -0.15) is 0 Å². The molecule has 0 spiro atoms. The van der Waals surface area contributed by atoms with Gasteiger partial charge in [-0.15, -0.1) is 10.2 Å². The molecule has 2 aromatic heterocycles. The van der Waals surface area contributed by atoms with E-state index in [1.165, 1.54) is 5.56 Å². The van der Waals surface area contributed by atoms with Crippen molar-refractivity contribution in [3.63, 3.8) is 0 Å². The lowest BCUT2D eigenvalue weighted by atomic mass is 10.0. The third-order valence-corrected chi connectivity index (χ3v) is 3.38. The fourth-order valence-electron chi connectivity index (χ4n) is 2.12. The average molecular weight is 280 g/mol. The Morgan fingerprint density at radius 1 is 1.10 bits per heavy atom. The van der Waals surface area contributed by atoms with Gasteiger partial charge in [0, 0.05) is 11.8 Å². The van der Waals surface area contributed by atoms with Crippen LogP contribution in [0.1, 0.15) is 35.7 Å². The standard InChI is InChI=1S/C16H16N4O/c1-11(2)12-6-8-13(9-7-12)15(21)17-16-19-18-14-5-3-4-10-20(14)16/h3-11H,1-2H3,(H,17,19,21). The first-order valence-corrected chi connectivity index (χ1v) is 6.86. The molecule has 0 radical (unpaired) electrons. The van der Waals surface area contributed by atoms with E-state index in [1.807, 2.05) is 48.7 Å². The topological polar surface area (TPSA) is 59.3 Å². The zero-order chi connectivity index (χ0) is 14.8. The molecule has 2 heterocycles. The molecule has 0 saturated heterocycles. The van der Waals surface area contributed by atoms with Gasteiger partial charge in [-0.25, -0.2) is 0 Å². The molecular weight excluding hydrogens is 264 g/mol. The van der Waals surface area contributed by atoms with Gasteiger partial charge in [-0.3, -0.25) is 14.5 Å². The van der Waals surface area contributed by atoms with Gasteiger partial charge >= 0.3 is 0 Å². The van der Waals surface area contributed by atoms with Crippen molar-refractivity contribution < 1.29 is 4.79 Å². The van der Waals surface area contributed by atoms with E-state index in [-0.39, 0.29) is 5.91 Å². The second-order valence-corrected chi connectivity index (χ2v) is 5.18. The minimum atomic E-state index is -0.191. The fourth-order valence-corrected chi connectivity index (χ4v) is 2.12. The summed E-state index contributed by atoms with van der Waals surface area (Å²) in [5, 5.41) is 10.8. The highest BCUT2D eigenvalue weighted by atomic mass is 16.1. The maximum Gasteiger partial charge on any atom is 0.258 e. The number of carbonyl (C=O) groups is 1. The van der Waals surface area contributed by atoms with Gasteiger partial charge in [0.25, 0.3) is 5.91 Å². The summed E-state index contributed by atoms with van der Waals surface area (Å²) in [5.74, 6) is 0.676. The molecule has 3 rings (SSSR count). The van der Waals surface area contributed by atoms with Gasteiger partial charge in [0.2, 0.25) is 5.95 Å². The van der Waals surface area contributed by atoms with Crippen molar-refractivity contribution in [2.24, 2.45) is 0 Å². The Bertz CT molecular complexity index is 774. The van der Waals surface area contributed by atoms with Crippen molar-refractivity contribution in [3.8, 4) is 0 Å². The first kappa shape index (κ1) is 13.3. The Kier molecular flexibility index (Phi) is 3.39. The SMILES string of the molecule is CC(C)c1ccc(C(=O)Nc2nnc3ccccn23)cc1. The number of nitrogens with zero attached hydrogens (tertiary/aromatic N) is 3. The quantitative estimate of drug-likeness (QED) is 0.802. The van der Waals surface area contributed by atoms with Crippen molar-refractivity contribution in [1.29, 1.82) is 0 Å². The highest BCUT2D eigenvalue weighted by Crippen LogP contribution is 2.15. The number of rotatable bonds is 3. The molecule has 3 aromatic rings. The molecule has 0 unspecified atom stereocenters. The molecule has 1 N–H and O–H groups in total. The monoisotopic (exact) mass is 280 g/mol. The number of anilines is 1. The summed E-state index contributed by atoms with van der Waals surface area (Å²) in [6, 6.07) is 13.2.